The fourth-order valence-corrected chi connectivity index (χ4v) is 1.40. The van der Waals surface area contributed by atoms with E-state index in [9.17, 15) is 0 Å². The van der Waals surface area contributed by atoms with Crippen molar-refractivity contribution in [3.05, 3.63) is 30.3 Å². The van der Waals surface area contributed by atoms with Crippen molar-refractivity contribution in [3.63, 3.8) is 0 Å². The van der Waals surface area contributed by atoms with Gasteiger partial charge in [-0.25, -0.2) is 0 Å². The van der Waals surface area contributed by atoms with Crippen LogP contribution in [0.5, 0.6) is 5.75 Å². The molecular weight excluding hydrogens is 200 g/mol. The molecule has 0 fully saturated rings. The zero-order valence-electron chi connectivity index (χ0n) is 9.81. The highest BCUT2D eigenvalue weighted by Crippen LogP contribution is 2.08. The highest BCUT2D eigenvalue weighted by atomic mass is 16.5. The van der Waals surface area contributed by atoms with Crippen molar-refractivity contribution in [3.8, 4) is 11.8 Å². The highest BCUT2D eigenvalue weighted by molar-refractivity contribution is 5.20. The Labute approximate surface area is 97.0 Å². The zero-order chi connectivity index (χ0) is 11.8. The summed E-state index contributed by atoms with van der Waals surface area (Å²) < 4.78 is 5.53. The van der Waals surface area contributed by atoms with Crippen LogP contribution < -0.4 is 10.1 Å². The van der Waals surface area contributed by atoms with Crippen LogP contribution in [0.3, 0.4) is 0 Å². The molecule has 0 heterocycles. The van der Waals surface area contributed by atoms with Gasteiger partial charge in [0.1, 0.15) is 5.75 Å². The monoisotopic (exact) mass is 218 g/mol. The predicted molar refractivity (Wildman–Crippen MR) is 64.2 cm³/mol. The maximum Gasteiger partial charge on any atom is 0.119 e. The second kappa shape index (κ2) is 6.86. The molecule has 1 rings (SSSR count). The quantitative estimate of drug-likeness (QED) is 0.797. The molecule has 1 aromatic carbocycles. The molecule has 0 amide bonds. The van der Waals surface area contributed by atoms with E-state index in [1.807, 2.05) is 44.2 Å². The number of rotatable bonds is 6. The largest absolute Gasteiger partial charge is 0.493 e. The molecule has 3 heteroatoms. The van der Waals surface area contributed by atoms with Gasteiger partial charge in [-0.05, 0) is 26.0 Å². The number of para-hydroxylation sites is 1. The summed E-state index contributed by atoms with van der Waals surface area (Å²) in [6, 6.07) is 12.1. The molecule has 3 nitrogen and oxygen atoms in total. The van der Waals surface area contributed by atoms with E-state index in [1.165, 1.54) is 0 Å². The maximum absolute atomic E-state index is 8.90. The van der Waals surface area contributed by atoms with Gasteiger partial charge in [-0.2, -0.15) is 5.26 Å². The molecule has 0 aliphatic rings. The summed E-state index contributed by atoms with van der Waals surface area (Å²) in [6.07, 6.45) is 0.698. The van der Waals surface area contributed by atoms with E-state index in [-0.39, 0.29) is 6.04 Å². The molecule has 0 saturated carbocycles. The predicted octanol–water partition coefficient (Wildman–Crippen LogP) is 2.35. The van der Waals surface area contributed by atoms with E-state index in [1.54, 1.807) is 0 Å². The van der Waals surface area contributed by atoms with Crippen LogP contribution in [0.1, 0.15) is 20.3 Å². The van der Waals surface area contributed by atoms with E-state index < -0.39 is 0 Å². The van der Waals surface area contributed by atoms with Crippen molar-refractivity contribution < 1.29 is 4.74 Å². The molecule has 0 aliphatic carbocycles. The molecule has 1 aromatic rings. The van der Waals surface area contributed by atoms with Gasteiger partial charge in [-0.1, -0.05) is 18.2 Å². The number of benzene rings is 1. The van der Waals surface area contributed by atoms with Crippen molar-refractivity contribution in [2.75, 3.05) is 6.61 Å². The molecular formula is C13H18N2O. The topological polar surface area (TPSA) is 45.0 Å². The lowest BCUT2D eigenvalue weighted by Gasteiger charge is -2.14. The Morgan fingerprint density at radius 2 is 2.00 bits per heavy atom. The first kappa shape index (κ1) is 12.5. The Morgan fingerprint density at radius 1 is 1.31 bits per heavy atom. The highest BCUT2D eigenvalue weighted by Gasteiger charge is 2.08. The Morgan fingerprint density at radius 3 is 2.56 bits per heavy atom. The zero-order valence-corrected chi connectivity index (χ0v) is 9.81. The first-order chi connectivity index (χ1) is 7.72. The summed E-state index contributed by atoms with van der Waals surface area (Å²) in [5, 5.41) is 12.1. The molecule has 0 bridgehead atoms. The number of nitriles is 1. The van der Waals surface area contributed by atoms with Gasteiger partial charge in [0.2, 0.25) is 0 Å². The van der Waals surface area contributed by atoms with Gasteiger partial charge < -0.3 is 4.74 Å². The summed E-state index contributed by atoms with van der Waals surface area (Å²) in [7, 11) is 0. The van der Waals surface area contributed by atoms with Gasteiger partial charge in [0.15, 0.2) is 0 Å². The number of nitrogens with zero attached hydrogens (tertiary/aromatic N) is 1. The van der Waals surface area contributed by atoms with Gasteiger partial charge in [0.05, 0.1) is 18.7 Å². The molecule has 86 valence electrons. The molecule has 1 unspecified atom stereocenters. The Bertz CT molecular complexity index is 330. The second-order valence-electron chi connectivity index (χ2n) is 3.95. The SMILES string of the molecule is CC(C)NC(C#N)CCOc1ccccc1. The Hall–Kier alpha value is -1.53. The van der Waals surface area contributed by atoms with Crippen molar-refractivity contribution in [2.45, 2.75) is 32.4 Å². The molecule has 0 radical (unpaired) electrons. The molecule has 0 spiro atoms. The first-order valence-electron chi connectivity index (χ1n) is 5.56. The fourth-order valence-electron chi connectivity index (χ4n) is 1.40. The van der Waals surface area contributed by atoms with E-state index in [0.29, 0.717) is 19.1 Å². The number of ether oxygens (including phenoxy) is 1. The van der Waals surface area contributed by atoms with Crippen LogP contribution in [0.2, 0.25) is 0 Å². The molecule has 0 aromatic heterocycles. The average Bonchev–Trinajstić information content (AvgIpc) is 2.28. The lowest BCUT2D eigenvalue weighted by atomic mass is 10.2. The van der Waals surface area contributed by atoms with E-state index in [2.05, 4.69) is 11.4 Å². The van der Waals surface area contributed by atoms with E-state index >= 15 is 0 Å². The maximum atomic E-state index is 8.90. The van der Waals surface area contributed by atoms with Crippen molar-refractivity contribution in [1.82, 2.24) is 5.32 Å². The fraction of sp³-hybridized carbons (Fsp3) is 0.462. The molecule has 1 N–H and O–H groups in total. The minimum Gasteiger partial charge on any atom is -0.493 e. The van der Waals surface area contributed by atoms with Crippen molar-refractivity contribution in [2.24, 2.45) is 0 Å². The Kier molecular flexibility index (Phi) is 5.38. The van der Waals surface area contributed by atoms with Gasteiger partial charge in [-0.15, -0.1) is 0 Å². The molecule has 0 saturated heterocycles. The summed E-state index contributed by atoms with van der Waals surface area (Å²) in [5.41, 5.74) is 0. The summed E-state index contributed by atoms with van der Waals surface area (Å²) >= 11 is 0. The minimum absolute atomic E-state index is 0.135. The summed E-state index contributed by atoms with van der Waals surface area (Å²) in [6.45, 7) is 4.62. The smallest absolute Gasteiger partial charge is 0.119 e. The summed E-state index contributed by atoms with van der Waals surface area (Å²) in [4.78, 5) is 0. The van der Waals surface area contributed by atoms with Gasteiger partial charge in [0, 0.05) is 12.5 Å². The number of hydrogen-bond acceptors (Lipinski definition) is 3. The van der Waals surface area contributed by atoms with Crippen LogP contribution in [0.25, 0.3) is 0 Å². The molecule has 0 aliphatic heterocycles. The second-order valence-corrected chi connectivity index (χ2v) is 3.95. The van der Waals surface area contributed by atoms with Gasteiger partial charge in [-0.3, -0.25) is 5.32 Å². The standard InChI is InChI=1S/C13H18N2O/c1-11(2)15-12(10-14)8-9-16-13-6-4-3-5-7-13/h3-7,11-12,15H,8-9H2,1-2H3. The number of hydrogen-bond donors (Lipinski definition) is 1. The van der Waals surface area contributed by atoms with Crippen molar-refractivity contribution in [1.29, 1.82) is 5.26 Å². The van der Waals surface area contributed by atoms with Gasteiger partial charge >= 0.3 is 0 Å². The van der Waals surface area contributed by atoms with Gasteiger partial charge in [0.25, 0.3) is 0 Å². The molecule has 1 atom stereocenters. The van der Waals surface area contributed by atoms with Crippen LogP contribution in [-0.4, -0.2) is 18.7 Å². The third kappa shape index (κ3) is 4.81. The molecule has 16 heavy (non-hydrogen) atoms. The Balaban J connectivity index is 2.27. The number of nitrogens with one attached hydrogen (secondary N) is 1. The van der Waals surface area contributed by atoms with Crippen LogP contribution in [0, 0.1) is 11.3 Å². The lowest BCUT2D eigenvalue weighted by molar-refractivity contribution is 0.294. The normalized spacial score (nSPS) is 12.1. The minimum atomic E-state index is -0.135. The van der Waals surface area contributed by atoms with Crippen LogP contribution >= 0.6 is 0 Å². The van der Waals surface area contributed by atoms with Crippen LogP contribution in [-0.2, 0) is 0 Å². The third-order valence-electron chi connectivity index (χ3n) is 2.11. The third-order valence-corrected chi connectivity index (χ3v) is 2.11. The van der Waals surface area contributed by atoms with Crippen molar-refractivity contribution >= 4 is 0 Å². The van der Waals surface area contributed by atoms with E-state index in [0.717, 1.165) is 5.75 Å². The average molecular weight is 218 g/mol. The van der Waals surface area contributed by atoms with Crippen LogP contribution in [0.15, 0.2) is 30.3 Å². The lowest BCUT2D eigenvalue weighted by Crippen LogP contribution is -2.34. The first-order valence-corrected chi connectivity index (χ1v) is 5.56. The van der Waals surface area contributed by atoms with Crippen LogP contribution in [0.4, 0.5) is 0 Å². The summed E-state index contributed by atoms with van der Waals surface area (Å²) in [5.74, 6) is 0.851. The van der Waals surface area contributed by atoms with E-state index in [4.69, 9.17) is 10.00 Å².